The van der Waals surface area contributed by atoms with Crippen LogP contribution in [0.2, 0.25) is 0 Å². The van der Waals surface area contributed by atoms with E-state index < -0.39 is 0 Å². The minimum atomic E-state index is 0.391. The molecule has 0 bridgehead atoms. The first-order valence-electron chi connectivity index (χ1n) is 7.07. The van der Waals surface area contributed by atoms with Crippen molar-refractivity contribution < 1.29 is 4.74 Å². The molecular formula is C16H27NO. The molecule has 1 aromatic rings. The lowest BCUT2D eigenvalue weighted by Crippen LogP contribution is -2.33. The van der Waals surface area contributed by atoms with Gasteiger partial charge < -0.3 is 10.1 Å². The Hall–Kier alpha value is -0.860. The maximum absolute atomic E-state index is 5.20. The molecule has 1 N–H and O–H groups in total. The molecule has 2 nitrogen and oxygen atoms in total. The van der Waals surface area contributed by atoms with Gasteiger partial charge in [-0.3, -0.25) is 0 Å². The third kappa shape index (κ3) is 5.65. The Morgan fingerprint density at radius 1 is 1.17 bits per heavy atom. The number of rotatable bonds is 9. The highest BCUT2D eigenvalue weighted by atomic mass is 16.5. The summed E-state index contributed by atoms with van der Waals surface area (Å²) in [6, 6.07) is 11.6. The molecule has 0 aromatic heterocycles. The molecule has 2 heteroatoms. The van der Waals surface area contributed by atoms with Gasteiger partial charge in [-0.1, -0.05) is 56.5 Å². The SMILES string of the molecule is CCCCCC(NC(C)COC)c1ccccc1. The molecule has 0 radical (unpaired) electrons. The van der Waals surface area contributed by atoms with Crippen LogP contribution < -0.4 is 5.32 Å². The van der Waals surface area contributed by atoms with Crippen LogP contribution in [0.4, 0.5) is 0 Å². The number of benzene rings is 1. The Morgan fingerprint density at radius 2 is 1.89 bits per heavy atom. The molecule has 1 aromatic carbocycles. The van der Waals surface area contributed by atoms with Crippen molar-refractivity contribution in [2.24, 2.45) is 0 Å². The van der Waals surface area contributed by atoms with E-state index in [1.807, 2.05) is 0 Å². The van der Waals surface area contributed by atoms with Crippen LogP contribution in [-0.4, -0.2) is 19.8 Å². The largest absolute Gasteiger partial charge is 0.383 e. The standard InChI is InChI=1S/C16H27NO/c1-4-5-7-12-16(17-14(2)13-18-3)15-10-8-6-9-11-15/h6,8-11,14,16-17H,4-5,7,12-13H2,1-3H3. The summed E-state index contributed by atoms with van der Waals surface area (Å²) in [7, 11) is 1.76. The first-order valence-corrected chi connectivity index (χ1v) is 7.07. The van der Waals surface area contributed by atoms with Crippen molar-refractivity contribution in [3.63, 3.8) is 0 Å². The van der Waals surface area contributed by atoms with Crippen molar-refractivity contribution in [2.45, 2.75) is 51.6 Å². The van der Waals surface area contributed by atoms with Gasteiger partial charge in [0.2, 0.25) is 0 Å². The maximum Gasteiger partial charge on any atom is 0.0613 e. The van der Waals surface area contributed by atoms with E-state index in [0.717, 1.165) is 6.61 Å². The summed E-state index contributed by atoms with van der Waals surface area (Å²) in [6.45, 7) is 5.19. The molecule has 0 amide bonds. The van der Waals surface area contributed by atoms with Crippen molar-refractivity contribution in [2.75, 3.05) is 13.7 Å². The van der Waals surface area contributed by atoms with Crippen LogP contribution in [0.15, 0.2) is 30.3 Å². The molecule has 2 unspecified atom stereocenters. The summed E-state index contributed by atoms with van der Waals surface area (Å²) in [5.41, 5.74) is 1.39. The second kappa shape index (κ2) is 9.12. The third-order valence-electron chi connectivity index (χ3n) is 3.20. The molecule has 0 saturated carbocycles. The van der Waals surface area contributed by atoms with E-state index in [1.54, 1.807) is 7.11 Å². The Morgan fingerprint density at radius 3 is 2.50 bits per heavy atom. The summed E-state index contributed by atoms with van der Waals surface area (Å²) in [6.07, 6.45) is 5.06. The van der Waals surface area contributed by atoms with E-state index in [2.05, 4.69) is 49.5 Å². The molecular weight excluding hydrogens is 222 g/mol. The second-order valence-electron chi connectivity index (χ2n) is 4.98. The summed E-state index contributed by atoms with van der Waals surface area (Å²) in [5.74, 6) is 0. The van der Waals surface area contributed by atoms with E-state index in [1.165, 1.54) is 31.2 Å². The molecule has 2 atom stereocenters. The fourth-order valence-electron chi connectivity index (χ4n) is 2.27. The highest BCUT2D eigenvalue weighted by Crippen LogP contribution is 2.20. The van der Waals surface area contributed by atoms with Gasteiger partial charge in [-0.2, -0.15) is 0 Å². The van der Waals surface area contributed by atoms with Crippen LogP contribution >= 0.6 is 0 Å². The van der Waals surface area contributed by atoms with Crippen LogP contribution in [-0.2, 0) is 4.74 Å². The Labute approximate surface area is 112 Å². The Kier molecular flexibility index (Phi) is 7.70. The molecule has 0 heterocycles. The number of ether oxygens (including phenoxy) is 1. The van der Waals surface area contributed by atoms with Crippen molar-refractivity contribution in [1.82, 2.24) is 5.32 Å². The van der Waals surface area contributed by atoms with E-state index in [0.29, 0.717) is 12.1 Å². The van der Waals surface area contributed by atoms with Gasteiger partial charge in [-0.15, -0.1) is 0 Å². The van der Waals surface area contributed by atoms with Crippen LogP contribution in [0.3, 0.4) is 0 Å². The molecule has 0 aliphatic heterocycles. The summed E-state index contributed by atoms with van der Waals surface area (Å²) in [4.78, 5) is 0. The van der Waals surface area contributed by atoms with Crippen LogP contribution in [0, 0.1) is 0 Å². The van der Waals surface area contributed by atoms with Crippen molar-refractivity contribution in [3.8, 4) is 0 Å². The Balaban J connectivity index is 2.57. The Bertz CT molecular complexity index is 299. The molecule has 18 heavy (non-hydrogen) atoms. The fourth-order valence-corrected chi connectivity index (χ4v) is 2.27. The lowest BCUT2D eigenvalue weighted by molar-refractivity contribution is 0.165. The quantitative estimate of drug-likeness (QED) is 0.669. The fraction of sp³-hybridized carbons (Fsp3) is 0.625. The highest BCUT2D eigenvalue weighted by Gasteiger charge is 2.13. The maximum atomic E-state index is 5.20. The molecule has 0 spiro atoms. The molecule has 1 rings (SSSR count). The van der Waals surface area contributed by atoms with Gasteiger partial charge >= 0.3 is 0 Å². The van der Waals surface area contributed by atoms with E-state index in [4.69, 9.17) is 4.74 Å². The van der Waals surface area contributed by atoms with Crippen molar-refractivity contribution >= 4 is 0 Å². The van der Waals surface area contributed by atoms with Crippen LogP contribution in [0.1, 0.15) is 51.1 Å². The van der Waals surface area contributed by atoms with Gasteiger partial charge in [0.05, 0.1) is 6.61 Å². The van der Waals surface area contributed by atoms with Gasteiger partial charge in [0, 0.05) is 19.2 Å². The molecule has 0 aliphatic carbocycles. The first-order chi connectivity index (χ1) is 8.77. The third-order valence-corrected chi connectivity index (χ3v) is 3.20. The van der Waals surface area contributed by atoms with Crippen molar-refractivity contribution in [1.29, 1.82) is 0 Å². The normalized spacial score (nSPS) is 14.4. The summed E-state index contributed by atoms with van der Waals surface area (Å²) < 4.78 is 5.20. The van der Waals surface area contributed by atoms with Gasteiger partial charge in [0.1, 0.15) is 0 Å². The zero-order valence-corrected chi connectivity index (χ0v) is 12.0. The minimum Gasteiger partial charge on any atom is -0.383 e. The smallest absolute Gasteiger partial charge is 0.0613 e. The molecule has 0 aliphatic rings. The van der Waals surface area contributed by atoms with Gasteiger partial charge in [0.15, 0.2) is 0 Å². The van der Waals surface area contributed by atoms with Gasteiger partial charge in [0.25, 0.3) is 0 Å². The highest BCUT2D eigenvalue weighted by molar-refractivity contribution is 5.18. The van der Waals surface area contributed by atoms with Crippen molar-refractivity contribution in [3.05, 3.63) is 35.9 Å². The summed E-state index contributed by atoms with van der Waals surface area (Å²) in [5, 5.41) is 3.67. The van der Waals surface area contributed by atoms with Gasteiger partial charge in [-0.25, -0.2) is 0 Å². The molecule has 102 valence electrons. The zero-order valence-electron chi connectivity index (χ0n) is 12.0. The number of unbranched alkanes of at least 4 members (excludes halogenated alkanes) is 2. The number of methoxy groups -OCH3 is 1. The lowest BCUT2D eigenvalue weighted by atomic mass is 9.99. The summed E-state index contributed by atoms with van der Waals surface area (Å²) >= 11 is 0. The minimum absolute atomic E-state index is 0.391. The predicted octanol–water partition coefficient (Wildman–Crippen LogP) is 3.93. The number of hydrogen-bond donors (Lipinski definition) is 1. The van der Waals surface area contributed by atoms with E-state index in [-0.39, 0.29) is 0 Å². The predicted molar refractivity (Wildman–Crippen MR) is 77.8 cm³/mol. The van der Waals surface area contributed by atoms with Crippen LogP contribution in [0.5, 0.6) is 0 Å². The lowest BCUT2D eigenvalue weighted by Gasteiger charge is -2.23. The number of nitrogens with one attached hydrogen (secondary N) is 1. The van der Waals surface area contributed by atoms with E-state index in [9.17, 15) is 0 Å². The second-order valence-corrected chi connectivity index (χ2v) is 4.98. The van der Waals surface area contributed by atoms with E-state index >= 15 is 0 Å². The average Bonchev–Trinajstić information content (AvgIpc) is 2.39. The topological polar surface area (TPSA) is 21.3 Å². The molecule has 0 fully saturated rings. The average molecular weight is 249 g/mol. The first kappa shape index (κ1) is 15.2. The monoisotopic (exact) mass is 249 g/mol. The van der Waals surface area contributed by atoms with Crippen LogP contribution in [0.25, 0.3) is 0 Å². The van der Waals surface area contributed by atoms with Gasteiger partial charge in [-0.05, 0) is 18.9 Å². The number of hydrogen-bond acceptors (Lipinski definition) is 2. The molecule has 0 saturated heterocycles. The zero-order chi connectivity index (χ0) is 13.2.